The van der Waals surface area contributed by atoms with Crippen LogP contribution in [-0.2, 0) is 0 Å². The topological polar surface area (TPSA) is 79.3 Å². The molecule has 2 heterocycles. The Labute approximate surface area is 107 Å². The average Bonchev–Trinajstić information content (AvgIpc) is 2.81. The van der Waals surface area contributed by atoms with Crippen LogP contribution in [0.3, 0.4) is 0 Å². The lowest BCUT2D eigenvalue weighted by Gasteiger charge is -2.04. The third-order valence-electron chi connectivity index (χ3n) is 2.71. The molecule has 3 rings (SSSR count). The van der Waals surface area contributed by atoms with Crippen molar-refractivity contribution in [2.24, 2.45) is 0 Å². The van der Waals surface area contributed by atoms with Crippen molar-refractivity contribution in [2.75, 3.05) is 5.32 Å². The van der Waals surface area contributed by atoms with E-state index in [9.17, 15) is 9.59 Å². The second-order valence-corrected chi connectivity index (χ2v) is 3.99. The number of amides is 1. The number of aromatic nitrogens is 3. The van der Waals surface area contributed by atoms with Gasteiger partial charge in [-0.2, -0.15) is 5.10 Å². The Morgan fingerprint density at radius 3 is 2.74 bits per heavy atom. The van der Waals surface area contributed by atoms with Crippen LogP contribution >= 0.6 is 0 Å². The monoisotopic (exact) mass is 254 g/mol. The number of H-pyrrole nitrogens is 1. The van der Waals surface area contributed by atoms with E-state index in [2.05, 4.69) is 15.5 Å². The molecule has 6 heteroatoms. The number of pyridine rings is 1. The first-order valence-electron chi connectivity index (χ1n) is 5.67. The zero-order valence-corrected chi connectivity index (χ0v) is 9.83. The molecule has 0 spiro atoms. The number of hydrogen-bond donors (Lipinski definition) is 2. The summed E-state index contributed by atoms with van der Waals surface area (Å²) < 4.78 is 1.29. The fourth-order valence-corrected chi connectivity index (χ4v) is 1.76. The molecule has 94 valence electrons. The van der Waals surface area contributed by atoms with Crippen LogP contribution in [0.2, 0.25) is 0 Å². The lowest BCUT2D eigenvalue weighted by Crippen LogP contribution is -2.15. The second kappa shape index (κ2) is 4.41. The number of carbonyl (C=O) groups excluding carboxylic acids is 1. The van der Waals surface area contributed by atoms with Gasteiger partial charge in [0.05, 0.1) is 5.56 Å². The SMILES string of the molecule is O=C(Nc1ccccc1)c1ccc2n[nH]c(=O)n2c1. The van der Waals surface area contributed by atoms with Gasteiger partial charge in [0.2, 0.25) is 0 Å². The molecule has 0 fully saturated rings. The van der Waals surface area contributed by atoms with E-state index in [0.717, 1.165) is 0 Å². The van der Waals surface area contributed by atoms with Gasteiger partial charge in [0.15, 0.2) is 5.65 Å². The highest BCUT2D eigenvalue weighted by Gasteiger charge is 2.08. The van der Waals surface area contributed by atoms with E-state index in [-0.39, 0.29) is 11.6 Å². The summed E-state index contributed by atoms with van der Waals surface area (Å²) in [6, 6.07) is 12.3. The second-order valence-electron chi connectivity index (χ2n) is 3.99. The Morgan fingerprint density at radius 1 is 1.16 bits per heavy atom. The smallest absolute Gasteiger partial charge is 0.322 e. The molecule has 0 atom stereocenters. The number of anilines is 1. The number of carbonyl (C=O) groups is 1. The van der Waals surface area contributed by atoms with Crippen LogP contribution in [0.4, 0.5) is 5.69 Å². The van der Waals surface area contributed by atoms with Crippen molar-refractivity contribution in [2.45, 2.75) is 0 Å². The molecule has 2 N–H and O–H groups in total. The van der Waals surface area contributed by atoms with Crippen molar-refractivity contribution in [3.05, 3.63) is 64.7 Å². The highest BCUT2D eigenvalue weighted by molar-refractivity contribution is 6.04. The Kier molecular flexibility index (Phi) is 2.60. The molecule has 2 aromatic heterocycles. The maximum absolute atomic E-state index is 12.0. The Balaban J connectivity index is 1.93. The molecule has 0 saturated carbocycles. The first kappa shape index (κ1) is 11.2. The molecule has 1 aromatic carbocycles. The summed E-state index contributed by atoms with van der Waals surface area (Å²) >= 11 is 0. The lowest BCUT2D eigenvalue weighted by atomic mass is 10.2. The number of nitrogens with zero attached hydrogens (tertiary/aromatic N) is 2. The van der Waals surface area contributed by atoms with E-state index in [0.29, 0.717) is 16.9 Å². The van der Waals surface area contributed by atoms with Crippen molar-refractivity contribution < 1.29 is 4.79 Å². The number of hydrogen-bond acceptors (Lipinski definition) is 3. The molecule has 0 unspecified atom stereocenters. The van der Waals surface area contributed by atoms with Crippen LogP contribution in [0, 0.1) is 0 Å². The first-order valence-corrected chi connectivity index (χ1v) is 5.67. The van der Waals surface area contributed by atoms with Crippen LogP contribution < -0.4 is 11.0 Å². The Bertz CT molecular complexity index is 789. The van der Waals surface area contributed by atoms with Crippen LogP contribution in [-0.4, -0.2) is 20.5 Å². The number of para-hydroxylation sites is 1. The van der Waals surface area contributed by atoms with Gasteiger partial charge in [0, 0.05) is 11.9 Å². The molecule has 0 saturated heterocycles. The lowest BCUT2D eigenvalue weighted by molar-refractivity contribution is 0.102. The molecule has 0 aliphatic heterocycles. The molecule has 6 nitrogen and oxygen atoms in total. The van der Waals surface area contributed by atoms with Crippen LogP contribution in [0.1, 0.15) is 10.4 Å². The van der Waals surface area contributed by atoms with Crippen molar-refractivity contribution in [3.63, 3.8) is 0 Å². The average molecular weight is 254 g/mol. The molecule has 0 aliphatic carbocycles. The van der Waals surface area contributed by atoms with Crippen LogP contribution in [0.25, 0.3) is 5.65 Å². The third kappa shape index (κ3) is 2.11. The van der Waals surface area contributed by atoms with Gasteiger partial charge in [-0.25, -0.2) is 14.3 Å². The van der Waals surface area contributed by atoms with Gasteiger partial charge in [0.25, 0.3) is 5.91 Å². The van der Waals surface area contributed by atoms with E-state index in [1.165, 1.54) is 10.6 Å². The molecule has 19 heavy (non-hydrogen) atoms. The van der Waals surface area contributed by atoms with E-state index in [4.69, 9.17) is 0 Å². The van der Waals surface area contributed by atoms with Gasteiger partial charge < -0.3 is 5.32 Å². The predicted octanol–water partition coefficient (Wildman–Crippen LogP) is 1.27. The summed E-state index contributed by atoms with van der Waals surface area (Å²) in [5.41, 5.74) is 1.19. The van der Waals surface area contributed by atoms with Crippen molar-refractivity contribution in [3.8, 4) is 0 Å². The van der Waals surface area contributed by atoms with Gasteiger partial charge in [-0.15, -0.1) is 0 Å². The van der Waals surface area contributed by atoms with Gasteiger partial charge in [0.1, 0.15) is 0 Å². The van der Waals surface area contributed by atoms with Crippen molar-refractivity contribution in [1.82, 2.24) is 14.6 Å². The minimum atomic E-state index is -0.371. The van der Waals surface area contributed by atoms with Crippen LogP contribution in [0.5, 0.6) is 0 Å². The Morgan fingerprint density at radius 2 is 1.95 bits per heavy atom. The summed E-state index contributed by atoms with van der Waals surface area (Å²) in [5, 5.41) is 8.86. The molecule has 0 bridgehead atoms. The number of nitrogens with one attached hydrogen (secondary N) is 2. The minimum absolute atomic E-state index is 0.277. The third-order valence-corrected chi connectivity index (χ3v) is 2.71. The molecular formula is C13H10N4O2. The van der Waals surface area contributed by atoms with Crippen molar-refractivity contribution in [1.29, 1.82) is 0 Å². The first-order chi connectivity index (χ1) is 9.24. The van der Waals surface area contributed by atoms with Gasteiger partial charge in [-0.1, -0.05) is 18.2 Å². The summed E-state index contributed by atoms with van der Waals surface area (Å²) in [6.07, 6.45) is 1.46. The van der Waals surface area contributed by atoms with E-state index in [1.807, 2.05) is 18.2 Å². The van der Waals surface area contributed by atoms with E-state index >= 15 is 0 Å². The van der Waals surface area contributed by atoms with E-state index in [1.54, 1.807) is 24.3 Å². The summed E-state index contributed by atoms with van der Waals surface area (Å²) in [6.45, 7) is 0. The highest BCUT2D eigenvalue weighted by atomic mass is 16.2. The minimum Gasteiger partial charge on any atom is -0.322 e. The fraction of sp³-hybridized carbons (Fsp3) is 0. The standard InChI is InChI=1S/C13H10N4O2/c18-12(14-10-4-2-1-3-5-10)9-6-7-11-15-16-13(19)17(11)8-9/h1-8H,(H,14,18)(H,16,19). The number of benzene rings is 1. The molecule has 0 aliphatic rings. The van der Waals surface area contributed by atoms with Gasteiger partial charge in [-0.3, -0.25) is 4.79 Å². The zero-order valence-electron chi connectivity index (χ0n) is 9.83. The molecular weight excluding hydrogens is 244 g/mol. The maximum Gasteiger partial charge on any atom is 0.347 e. The molecule has 1 amide bonds. The number of aromatic amines is 1. The van der Waals surface area contributed by atoms with Gasteiger partial charge >= 0.3 is 5.69 Å². The quantitative estimate of drug-likeness (QED) is 0.722. The van der Waals surface area contributed by atoms with Gasteiger partial charge in [-0.05, 0) is 24.3 Å². The zero-order chi connectivity index (χ0) is 13.2. The summed E-state index contributed by atoms with van der Waals surface area (Å²) in [5.74, 6) is -0.277. The maximum atomic E-state index is 12.0. The highest BCUT2D eigenvalue weighted by Crippen LogP contribution is 2.08. The summed E-state index contributed by atoms with van der Waals surface area (Å²) in [7, 11) is 0. The molecule has 3 aromatic rings. The molecule has 0 radical (unpaired) electrons. The largest absolute Gasteiger partial charge is 0.347 e. The van der Waals surface area contributed by atoms with E-state index < -0.39 is 0 Å². The summed E-state index contributed by atoms with van der Waals surface area (Å²) in [4.78, 5) is 23.5. The normalized spacial score (nSPS) is 10.5. The number of fused-ring (bicyclic) bond motifs is 1. The van der Waals surface area contributed by atoms with Crippen molar-refractivity contribution >= 4 is 17.2 Å². The predicted molar refractivity (Wildman–Crippen MR) is 70.2 cm³/mol. The number of rotatable bonds is 2. The van der Waals surface area contributed by atoms with Crippen LogP contribution in [0.15, 0.2) is 53.5 Å². The fourth-order valence-electron chi connectivity index (χ4n) is 1.76. The Hall–Kier alpha value is -2.89.